The summed E-state index contributed by atoms with van der Waals surface area (Å²) in [5.41, 5.74) is 0. The van der Waals surface area contributed by atoms with Crippen LogP contribution in [0.15, 0.2) is 91.0 Å². The van der Waals surface area contributed by atoms with Crippen LogP contribution in [0.3, 0.4) is 0 Å². The van der Waals surface area contributed by atoms with Crippen molar-refractivity contribution in [1.29, 1.82) is 0 Å². The molecule has 3 aromatic rings. The van der Waals surface area contributed by atoms with Crippen molar-refractivity contribution in [3.05, 3.63) is 91.0 Å². The van der Waals surface area contributed by atoms with Gasteiger partial charge >= 0.3 is 0 Å². The second kappa shape index (κ2) is 15.3. The summed E-state index contributed by atoms with van der Waals surface area (Å²) < 4.78 is 16.7. The van der Waals surface area contributed by atoms with E-state index in [1.165, 1.54) is 27.6 Å². The van der Waals surface area contributed by atoms with E-state index in [0.717, 1.165) is 0 Å². The molecule has 3 nitrogen and oxygen atoms in total. The van der Waals surface area contributed by atoms with Crippen molar-refractivity contribution in [3.8, 4) is 0 Å². The second-order valence-electron chi connectivity index (χ2n) is 9.41. The summed E-state index contributed by atoms with van der Waals surface area (Å²) >= 11 is 0. The summed E-state index contributed by atoms with van der Waals surface area (Å²) in [5.74, 6) is 0. The molecule has 0 spiro atoms. The van der Waals surface area contributed by atoms with Gasteiger partial charge in [-0.3, -0.25) is 0 Å². The maximum atomic E-state index is 5.85. The molecule has 0 saturated heterocycles. The Morgan fingerprint density at radius 2 is 0.829 bits per heavy atom. The van der Waals surface area contributed by atoms with E-state index in [9.17, 15) is 0 Å². The number of hydrogen-bond donors (Lipinski definition) is 0. The van der Waals surface area contributed by atoms with Gasteiger partial charge in [0.25, 0.3) is 8.32 Å². The van der Waals surface area contributed by atoms with Crippen molar-refractivity contribution in [2.75, 3.05) is 21.3 Å². The Balaban J connectivity index is 0.000000282. The summed E-state index contributed by atoms with van der Waals surface area (Å²) in [6, 6.07) is 33.9. The van der Waals surface area contributed by atoms with Crippen LogP contribution in [0.5, 0.6) is 0 Å². The fraction of sp³-hybridized carbons (Fsp3) is 0.379. The van der Waals surface area contributed by atoms with Crippen LogP contribution in [-0.4, -0.2) is 46.3 Å². The fourth-order valence-corrected chi connectivity index (χ4v) is 8.18. The summed E-state index contributed by atoms with van der Waals surface area (Å²) in [5, 5.41) is 3.97. The van der Waals surface area contributed by atoms with Crippen LogP contribution in [0.4, 0.5) is 0 Å². The molecule has 6 heteroatoms. The van der Waals surface area contributed by atoms with Crippen LogP contribution in [0.1, 0.15) is 13.8 Å². The van der Waals surface area contributed by atoms with Gasteiger partial charge < -0.3 is 13.3 Å². The molecule has 0 unspecified atom stereocenters. The van der Waals surface area contributed by atoms with Crippen LogP contribution in [0, 0.1) is 0 Å². The van der Waals surface area contributed by atoms with Crippen LogP contribution < -0.4 is 15.6 Å². The van der Waals surface area contributed by atoms with Crippen molar-refractivity contribution in [1.82, 2.24) is 0 Å². The monoisotopic (exact) mass is 526 g/mol. The van der Waals surface area contributed by atoms with Crippen molar-refractivity contribution >= 4 is 40.5 Å². The van der Waals surface area contributed by atoms with E-state index in [-0.39, 0.29) is 0 Å². The highest BCUT2D eigenvalue weighted by molar-refractivity contribution is 6.96. The van der Waals surface area contributed by atoms with Gasteiger partial charge in [-0.2, -0.15) is 0 Å². The molecule has 0 radical (unpaired) electrons. The number of rotatable bonds is 8. The lowest BCUT2D eigenvalue weighted by Crippen LogP contribution is -2.57. The molecule has 0 aliphatic carbocycles. The lowest BCUT2D eigenvalue weighted by molar-refractivity contribution is 0.399. The van der Waals surface area contributed by atoms with Crippen molar-refractivity contribution in [2.45, 2.75) is 52.1 Å². The van der Waals surface area contributed by atoms with Crippen molar-refractivity contribution < 1.29 is 13.3 Å². The molecule has 0 N–H and O–H groups in total. The minimum Gasteiger partial charge on any atom is -0.420 e. The van der Waals surface area contributed by atoms with Gasteiger partial charge in [-0.25, -0.2) is 0 Å². The van der Waals surface area contributed by atoms with Crippen LogP contribution in [0.25, 0.3) is 0 Å². The highest BCUT2D eigenvalue weighted by Gasteiger charge is 2.32. The molecule has 0 aliphatic heterocycles. The normalized spacial score (nSPS) is 11.6. The standard InChI is InChI=1S/C14H16OSi.C9H14OSi.C6H16OSi/c1-15-16(2,13-9-5-3-6-10-13)14-11-7-4-8-12-14;1-10-11(2,3)9-7-5-4-6-8-9;1-5-8(4,6-2)7-3/h3-12H,1-2H3;4-8H,1-3H3;5-6H2,1-4H3. The maximum absolute atomic E-state index is 5.85. The Bertz CT molecular complexity index is 883. The highest BCUT2D eigenvalue weighted by Crippen LogP contribution is 2.13. The molecule has 35 heavy (non-hydrogen) atoms. The van der Waals surface area contributed by atoms with Gasteiger partial charge in [0.15, 0.2) is 8.32 Å². The summed E-state index contributed by atoms with van der Waals surface area (Å²) in [6.45, 7) is 13.3. The molecule has 0 saturated carbocycles. The highest BCUT2D eigenvalue weighted by atomic mass is 28.4. The Kier molecular flexibility index (Phi) is 13.7. The zero-order valence-corrected chi connectivity index (χ0v) is 26.3. The quantitative estimate of drug-likeness (QED) is 0.336. The third-order valence-corrected chi connectivity index (χ3v) is 17.4. The lowest BCUT2D eigenvalue weighted by Gasteiger charge is -2.26. The maximum Gasteiger partial charge on any atom is 0.252 e. The van der Waals surface area contributed by atoms with Gasteiger partial charge in [-0.05, 0) is 53.8 Å². The average molecular weight is 527 g/mol. The molecule has 3 aromatic carbocycles. The summed E-state index contributed by atoms with van der Waals surface area (Å²) in [7, 11) is 0.735. The van der Waals surface area contributed by atoms with E-state index in [1.807, 2.05) is 32.4 Å². The van der Waals surface area contributed by atoms with Crippen LogP contribution >= 0.6 is 0 Å². The van der Waals surface area contributed by atoms with Crippen LogP contribution in [0.2, 0.25) is 38.3 Å². The molecule has 3 rings (SSSR count). The zero-order chi connectivity index (χ0) is 26.4. The number of hydrogen-bond acceptors (Lipinski definition) is 3. The molecule has 0 aromatic heterocycles. The van der Waals surface area contributed by atoms with Gasteiger partial charge in [-0.15, -0.1) is 0 Å². The minimum absolute atomic E-state index is 1.17. The van der Waals surface area contributed by atoms with Gasteiger partial charge in [-0.1, -0.05) is 105 Å². The van der Waals surface area contributed by atoms with E-state index < -0.39 is 25.0 Å². The Morgan fingerprint density at radius 3 is 1.06 bits per heavy atom. The summed E-state index contributed by atoms with van der Waals surface area (Å²) in [4.78, 5) is 0. The van der Waals surface area contributed by atoms with Crippen molar-refractivity contribution in [3.63, 3.8) is 0 Å². The second-order valence-corrected chi connectivity index (χ2v) is 21.8. The van der Waals surface area contributed by atoms with Gasteiger partial charge in [0.1, 0.15) is 0 Å². The predicted molar refractivity (Wildman–Crippen MR) is 161 cm³/mol. The SMILES string of the molecule is CC[Si](C)(CC)OC.CO[Si](C)(C)c1ccccc1.CO[Si](C)(c1ccccc1)c1ccccc1. The van der Waals surface area contributed by atoms with Gasteiger partial charge in [0.2, 0.25) is 8.32 Å². The van der Waals surface area contributed by atoms with E-state index in [4.69, 9.17) is 13.3 Å². The number of benzene rings is 3. The van der Waals surface area contributed by atoms with E-state index in [0.29, 0.717) is 0 Å². The fourth-order valence-electron chi connectivity index (χ4n) is 3.41. The molecular weight excluding hydrogens is 481 g/mol. The molecule has 0 amide bonds. The third kappa shape index (κ3) is 9.63. The Morgan fingerprint density at radius 1 is 0.486 bits per heavy atom. The summed E-state index contributed by atoms with van der Waals surface area (Å²) in [6.07, 6.45) is 0. The molecule has 0 bridgehead atoms. The largest absolute Gasteiger partial charge is 0.420 e. The van der Waals surface area contributed by atoms with E-state index in [2.05, 4.69) is 113 Å². The van der Waals surface area contributed by atoms with Gasteiger partial charge in [0, 0.05) is 21.3 Å². The molecule has 0 fully saturated rings. The molecule has 0 aliphatic rings. The van der Waals surface area contributed by atoms with E-state index in [1.54, 1.807) is 7.11 Å². The zero-order valence-electron chi connectivity index (χ0n) is 23.3. The van der Waals surface area contributed by atoms with E-state index >= 15 is 0 Å². The third-order valence-electron chi connectivity index (χ3n) is 7.03. The van der Waals surface area contributed by atoms with Crippen molar-refractivity contribution in [2.24, 2.45) is 0 Å². The first-order chi connectivity index (χ1) is 16.6. The topological polar surface area (TPSA) is 27.7 Å². The minimum atomic E-state index is -1.98. The van der Waals surface area contributed by atoms with Gasteiger partial charge in [0.05, 0.1) is 0 Å². The first-order valence-electron chi connectivity index (χ1n) is 12.4. The smallest absolute Gasteiger partial charge is 0.252 e. The molecule has 0 atom stereocenters. The molecule has 192 valence electrons. The Hall–Kier alpha value is -1.81. The molecule has 0 heterocycles. The average Bonchev–Trinajstić information content (AvgIpc) is 2.94. The first-order valence-corrected chi connectivity index (χ1v) is 20.6. The molecular formula is C29H46O3Si3. The van der Waals surface area contributed by atoms with Crippen LogP contribution in [-0.2, 0) is 13.3 Å². The lowest BCUT2D eigenvalue weighted by atomic mass is 10.4. The predicted octanol–water partition coefficient (Wildman–Crippen LogP) is 6.02. The first kappa shape index (κ1) is 31.2. The Labute approximate surface area is 217 Å².